The van der Waals surface area contributed by atoms with Crippen molar-refractivity contribution < 1.29 is 23.5 Å². The van der Waals surface area contributed by atoms with E-state index in [2.05, 4.69) is 20.2 Å². The lowest BCUT2D eigenvalue weighted by Gasteiger charge is -2.20. The number of aromatic nitrogens is 2. The van der Waals surface area contributed by atoms with Crippen LogP contribution in [0.4, 0.5) is 20.6 Å². The van der Waals surface area contributed by atoms with Crippen LogP contribution in [-0.4, -0.2) is 61.4 Å². The number of anilines is 2. The van der Waals surface area contributed by atoms with Crippen molar-refractivity contribution in [3.8, 4) is 5.88 Å². The van der Waals surface area contributed by atoms with E-state index in [1.165, 1.54) is 11.0 Å². The monoisotopic (exact) mass is 479 g/mol. The number of pyridine rings is 2. The van der Waals surface area contributed by atoms with Gasteiger partial charge in [-0.25, -0.2) is 14.2 Å². The number of carbonyl (C=O) groups excluding carboxylic acids is 2. The summed E-state index contributed by atoms with van der Waals surface area (Å²) < 4.78 is 24.4. The summed E-state index contributed by atoms with van der Waals surface area (Å²) in [6.45, 7) is 3.72. The molecule has 2 aliphatic heterocycles. The van der Waals surface area contributed by atoms with Crippen LogP contribution in [0.2, 0.25) is 0 Å². The van der Waals surface area contributed by atoms with Gasteiger partial charge in [0.05, 0.1) is 30.5 Å². The molecule has 2 amide bonds. The summed E-state index contributed by atoms with van der Waals surface area (Å²) in [5.41, 5.74) is 3.40. The Hall–Kier alpha value is -3.95. The largest absolute Gasteiger partial charge is 0.481 e. The molecule has 2 aliphatic rings. The lowest BCUT2D eigenvalue weighted by Crippen LogP contribution is -2.40. The molecule has 2 atom stereocenters. The van der Waals surface area contributed by atoms with Gasteiger partial charge >= 0.3 is 6.09 Å². The first-order valence-corrected chi connectivity index (χ1v) is 11.5. The van der Waals surface area contributed by atoms with E-state index in [9.17, 15) is 14.0 Å². The number of benzene rings is 1. The molecule has 0 saturated carbocycles. The highest BCUT2D eigenvalue weighted by atomic mass is 19.1. The smallest absolute Gasteiger partial charge is 0.415 e. The van der Waals surface area contributed by atoms with Gasteiger partial charge in [-0.05, 0) is 49.1 Å². The number of methoxy groups -OCH3 is 1. The molecular formula is C25H26FN5O4. The Morgan fingerprint density at radius 2 is 2.11 bits per heavy atom. The number of hydrogen-bond acceptors (Lipinski definition) is 7. The van der Waals surface area contributed by atoms with Gasteiger partial charge in [0.2, 0.25) is 5.88 Å². The Balaban J connectivity index is 1.18. The van der Waals surface area contributed by atoms with E-state index in [-0.39, 0.29) is 18.4 Å². The summed E-state index contributed by atoms with van der Waals surface area (Å²) in [4.78, 5) is 37.4. The second-order valence-corrected chi connectivity index (χ2v) is 8.81. The van der Waals surface area contributed by atoms with E-state index in [1.54, 1.807) is 38.4 Å². The van der Waals surface area contributed by atoms with Crippen LogP contribution in [0.25, 0.3) is 11.0 Å². The van der Waals surface area contributed by atoms with Gasteiger partial charge in [0.15, 0.2) is 6.10 Å². The summed E-state index contributed by atoms with van der Waals surface area (Å²) in [7, 11) is 1.58. The van der Waals surface area contributed by atoms with Crippen molar-refractivity contribution in [2.45, 2.75) is 19.4 Å². The maximum absolute atomic E-state index is 13.9. The van der Waals surface area contributed by atoms with Gasteiger partial charge in [-0.3, -0.25) is 14.7 Å². The van der Waals surface area contributed by atoms with Crippen molar-refractivity contribution in [1.82, 2.24) is 15.3 Å². The lowest BCUT2D eigenvalue weighted by atomic mass is 10.1. The number of nitrogens with one attached hydrogen (secondary N) is 1. The fraction of sp³-hybridized carbons (Fsp3) is 0.360. The first kappa shape index (κ1) is 22.8. The van der Waals surface area contributed by atoms with Crippen molar-refractivity contribution in [1.29, 1.82) is 0 Å². The number of halogens is 1. The molecule has 0 spiro atoms. The maximum Gasteiger partial charge on any atom is 0.415 e. The van der Waals surface area contributed by atoms with E-state index in [0.29, 0.717) is 23.7 Å². The summed E-state index contributed by atoms with van der Waals surface area (Å²) >= 11 is 0. The quantitative estimate of drug-likeness (QED) is 0.580. The Bertz CT molecular complexity index is 1290. The molecule has 0 bridgehead atoms. The van der Waals surface area contributed by atoms with Gasteiger partial charge in [0.1, 0.15) is 11.3 Å². The molecule has 1 N–H and O–H groups in total. The van der Waals surface area contributed by atoms with Crippen LogP contribution in [0.5, 0.6) is 5.88 Å². The SMILES string of the molecule is COc1ccc2nccc(N3CC[C@@H](CNC(=O)[C@@H]4CN(c5ccc(C)c(F)c5)C(=O)O4)C3)c2n1. The number of rotatable bonds is 6. The zero-order valence-electron chi connectivity index (χ0n) is 19.5. The third-order valence-corrected chi connectivity index (χ3v) is 6.51. The third kappa shape index (κ3) is 4.55. The van der Waals surface area contributed by atoms with Crippen molar-refractivity contribution >= 4 is 34.4 Å². The average molecular weight is 480 g/mol. The van der Waals surface area contributed by atoms with Gasteiger partial charge in [0, 0.05) is 31.9 Å². The number of ether oxygens (including phenoxy) is 2. The van der Waals surface area contributed by atoms with Crippen molar-refractivity contribution in [2.75, 3.05) is 43.1 Å². The Morgan fingerprint density at radius 3 is 2.91 bits per heavy atom. The van der Waals surface area contributed by atoms with Gasteiger partial charge in [-0.15, -0.1) is 0 Å². The van der Waals surface area contributed by atoms with Gasteiger partial charge in [-0.2, -0.15) is 0 Å². The zero-order chi connectivity index (χ0) is 24.5. The molecule has 2 fully saturated rings. The summed E-state index contributed by atoms with van der Waals surface area (Å²) in [5, 5.41) is 2.92. The van der Waals surface area contributed by atoms with Crippen LogP contribution in [0, 0.1) is 18.7 Å². The van der Waals surface area contributed by atoms with Crippen LogP contribution >= 0.6 is 0 Å². The standard InChI is InChI=1S/C25H26FN5O4/c1-15-3-4-17(11-18(15)26)31-14-21(35-25(31)33)24(32)28-12-16-8-10-30(13-16)20-7-9-27-19-5-6-22(34-2)29-23(19)20/h3-7,9,11,16,21H,8,10,12-14H2,1-2H3,(H,28,32)/t16-,21-/m0/s1. The molecule has 0 radical (unpaired) electrons. The molecule has 2 saturated heterocycles. The molecule has 9 nitrogen and oxygen atoms in total. The predicted molar refractivity (Wildman–Crippen MR) is 128 cm³/mol. The van der Waals surface area contributed by atoms with Crippen LogP contribution in [-0.2, 0) is 9.53 Å². The topological polar surface area (TPSA) is 96.9 Å². The van der Waals surface area contributed by atoms with E-state index in [4.69, 9.17) is 9.47 Å². The first-order valence-electron chi connectivity index (χ1n) is 11.5. The van der Waals surface area contributed by atoms with Gasteiger partial charge < -0.3 is 19.7 Å². The second-order valence-electron chi connectivity index (χ2n) is 8.81. The van der Waals surface area contributed by atoms with E-state index in [0.717, 1.165) is 36.2 Å². The number of nitrogens with zero attached hydrogens (tertiary/aromatic N) is 4. The normalized spacial score (nSPS) is 19.8. The molecule has 3 aromatic rings. The third-order valence-electron chi connectivity index (χ3n) is 6.51. The molecule has 2 aromatic heterocycles. The minimum atomic E-state index is -0.940. The van der Waals surface area contributed by atoms with Crippen molar-refractivity contribution in [3.63, 3.8) is 0 Å². The number of fused-ring (bicyclic) bond motifs is 1. The zero-order valence-corrected chi connectivity index (χ0v) is 19.5. The molecule has 0 unspecified atom stereocenters. The van der Waals surface area contributed by atoms with Crippen molar-refractivity contribution in [2.24, 2.45) is 5.92 Å². The molecule has 0 aliphatic carbocycles. The molecule has 4 heterocycles. The van der Waals surface area contributed by atoms with Gasteiger partial charge in [0.25, 0.3) is 5.91 Å². The minimum Gasteiger partial charge on any atom is -0.481 e. The highest BCUT2D eigenvalue weighted by molar-refractivity contribution is 5.95. The molecular weight excluding hydrogens is 453 g/mol. The Kier molecular flexibility index (Phi) is 6.10. The predicted octanol–water partition coefficient (Wildman–Crippen LogP) is 3.05. The summed E-state index contributed by atoms with van der Waals surface area (Å²) in [6.07, 6.45) is 1.06. The van der Waals surface area contributed by atoms with Crippen LogP contribution in [0.15, 0.2) is 42.6 Å². The summed E-state index contributed by atoms with van der Waals surface area (Å²) in [6, 6.07) is 10.1. The fourth-order valence-electron chi connectivity index (χ4n) is 4.50. The highest BCUT2D eigenvalue weighted by Gasteiger charge is 2.37. The fourth-order valence-corrected chi connectivity index (χ4v) is 4.50. The molecule has 182 valence electrons. The first-order chi connectivity index (χ1) is 16.9. The number of amides is 2. The molecule has 1 aromatic carbocycles. The molecule has 5 rings (SSSR count). The summed E-state index contributed by atoms with van der Waals surface area (Å²) in [5.74, 6) is -0.00674. The molecule has 35 heavy (non-hydrogen) atoms. The minimum absolute atomic E-state index is 0.0421. The highest BCUT2D eigenvalue weighted by Crippen LogP contribution is 2.30. The number of cyclic esters (lactones) is 1. The van der Waals surface area contributed by atoms with E-state index < -0.39 is 18.0 Å². The number of aryl methyl sites for hydroxylation is 1. The van der Waals surface area contributed by atoms with E-state index in [1.807, 2.05) is 12.1 Å². The molecule has 10 heteroatoms. The van der Waals surface area contributed by atoms with Crippen LogP contribution < -0.4 is 19.9 Å². The lowest BCUT2D eigenvalue weighted by molar-refractivity contribution is -0.127. The van der Waals surface area contributed by atoms with E-state index >= 15 is 0 Å². The average Bonchev–Trinajstić information content (AvgIpc) is 3.50. The number of hydrogen-bond donors (Lipinski definition) is 1. The van der Waals surface area contributed by atoms with Crippen LogP contribution in [0.1, 0.15) is 12.0 Å². The maximum atomic E-state index is 13.9. The second kappa shape index (κ2) is 9.36. The van der Waals surface area contributed by atoms with Crippen molar-refractivity contribution in [3.05, 3.63) is 54.0 Å². The Labute approximate surface area is 201 Å². The number of carbonyl (C=O) groups is 2. The van der Waals surface area contributed by atoms with Gasteiger partial charge in [-0.1, -0.05) is 6.07 Å². The van der Waals surface area contributed by atoms with Crippen LogP contribution in [0.3, 0.4) is 0 Å². The Morgan fingerprint density at radius 1 is 1.26 bits per heavy atom.